The van der Waals surface area contributed by atoms with E-state index in [9.17, 15) is 19.7 Å². The molecule has 0 aliphatic rings. The van der Waals surface area contributed by atoms with Crippen molar-refractivity contribution >= 4 is 33.8 Å². The molecule has 21 heavy (non-hydrogen) atoms. The molecule has 10 nitrogen and oxygen atoms in total. The minimum atomic E-state index is -0.839. The van der Waals surface area contributed by atoms with Crippen molar-refractivity contribution in [1.82, 2.24) is 14.6 Å². The van der Waals surface area contributed by atoms with Crippen LogP contribution >= 0.6 is 11.3 Å². The molecule has 0 bridgehead atoms. The Morgan fingerprint density at radius 1 is 1.62 bits per heavy atom. The molecule has 2 rings (SSSR count). The van der Waals surface area contributed by atoms with E-state index < -0.39 is 22.1 Å². The van der Waals surface area contributed by atoms with Gasteiger partial charge in [-0.3, -0.25) is 19.7 Å². The van der Waals surface area contributed by atoms with Crippen molar-refractivity contribution < 1.29 is 14.5 Å². The molecule has 0 aliphatic carbocycles. The topological polar surface area (TPSA) is 129 Å². The highest BCUT2D eigenvalue weighted by molar-refractivity contribution is 7.14. The lowest BCUT2D eigenvalue weighted by Crippen LogP contribution is -2.21. The third-order valence-corrected chi connectivity index (χ3v) is 3.10. The van der Waals surface area contributed by atoms with Crippen LogP contribution in [-0.2, 0) is 9.53 Å². The predicted molar refractivity (Wildman–Crippen MR) is 73.5 cm³/mol. The van der Waals surface area contributed by atoms with E-state index in [1.54, 1.807) is 0 Å². The third-order valence-electron chi connectivity index (χ3n) is 2.43. The van der Waals surface area contributed by atoms with Gasteiger partial charge in [0.25, 0.3) is 0 Å². The highest BCUT2D eigenvalue weighted by Crippen LogP contribution is 2.19. The largest absolute Gasteiger partial charge is 0.466 e. The number of hydrogen-bond acceptors (Lipinski definition) is 9. The summed E-state index contributed by atoms with van der Waals surface area (Å²) in [5, 5.41) is 17.4. The fourth-order valence-corrected chi connectivity index (χ4v) is 2.17. The molecule has 2 heterocycles. The Bertz CT molecular complexity index is 739. The van der Waals surface area contributed by atoms with Crippen LogP contribution in [0.15, 0.2) is 10.3 Å². The van der Waals surface area contributed by atoms with Gasteiger partial charge in [0.05, 0.1) is 11.5 Å². The van der Waals surface area contributed by atoms with E-state index in [2.05, 4.69) is 15.4 Å². The lowest BCUT2D eigenvalue weighted by Gasteiger charge is -2.06. The lowest BCUT2D eigenvalue weighted by molar-refractivity contribution is -0.385. The van der Waals surface area contributed by atoms with E-state index in [4.69, 9.17) is 4.74 Å². The summed E-state index contributed by atoms with van der Waals surface area (Å²) in [6, 6.07) is 0. The summed E-state index contributed by atoms with van der Waals surface area (Å²) < 4.78 is 5.61. The summed E-state index contributed by atoms with van der Waals surface area (Å²) in [6.07, 6.45) is 0.431. The van der Waals surface area contributed by atoms with Gasteiger partial charge in [-0.05, 0) is 6.42 Å². The second-order valence-electron chi connectivity index (χ2n) is 3.92. The fraction of sp³-hybridized carbons (Fsp3) is 0.400. The van der Waals surface area contributed by atoms with Crippen molar-refractivity contribution in [3.8, 4) is 0 Å². The summed E-state index contributed by atoms with van der Waals surface area (Å²) in [5.74, 6) is -0.513. The van der Waals surface area contributed by atoms with E-state index in [-0.39, 0.29) is 23.9 Å². The molecule has 0 spiro atoms. The molecule has 2 aromatic heterocycles. The van der Waals surface area contributed by atoms with Gasteiger partial charge in [0, 0.05) is 13.5 Å². The molecule has 112 valence electrons. The Morgan fingerprint density at radius 2 is 2.38 bits per heavy atom. The van der Waals surface area contributed by atoms with Crippen molar-refractivity contribution in [2.45, 2.75) is 13.3 Å². The maximum atomic E-state index is 11.9. The molecule has 11 heteroatoms. The van der Waals surface area contributed by atoms with Crippen LogP contribution in [0.3, 0.4) is 0 Å². The van der Waals surface area contributed by atoms with Crippen molar-refractivity contribution in [2.75, 3.05) is 18.5 Å². The lowest BCUT2D eigenvalue weighted by atomic mass is 10.4. The second-order valence-corrected chi connectivity index (χ2v) is 4.74. The first-order chi connectivity index (χ1) is 10.0. The molecule has 0 aromatic carbocycles. The van der Waals surface area contributed by atoms with E-state index >= 15 is 0 Å². The van der Waals surface area contributed by atoms with Crippen LogP contribution in [0, 0.1) is 10.1 Å². The Morgan fingerprint density at radius 3 is 3.05 bits per heavy atom. The number of fused-ring (bicyclic) bond motifs is 1. The first kappa shape index (κ1) is 14.8. The van der Waals surface area contributed by atoms with Gasteiger partial charge in [-0.1, -0.05) is 11.3 Å². The van der Waals surface area contributed by atoms with Crippen molar-refractivity contribution in [3.63, 3.8) is 0 Å². The van der Waals surface area contributed by atoms with E-state index in [1.807, 2.05) is 0 Å². The number of carbonyl (C=O) groups excluding carboxylic acids is 1. The fourth-order valence-electron chi connectivity index (χ4n) is 1.56. The SMILES string of the molecule is CC(=O)OCCCNc1nc2scnn2c(=O)c1[N+](=O)[O-]. The Hall–Kier alpha value is -2.56. The second kappa shape index (κ2) is 6.26. The van der Waals surface area contributed by atoms with Gasteiger partial charge in [-0.15, -0.1) is 0 Å². The molecule has 0 unspecified atom stereocenters. The number of carbonyl (C=O) groups is 1. The number of hydrogen-bond donors (Lipinski definition) is 1. The Kier molecular flexibility index (Phi) is 4.42. The smallest absolute Gasteiger partial charge is 0.377 e. The van der Waals surface area contributed by atoms with Gasteiger partial charge < -0.3 is 10.1 Å². The zero-order valence-corrected chi connectivity index (χ0v) is 11.8. The van der Waals surface area contributed by atoms with Gasteiger partial charge in [0.2, 0.25) is 10.8 Å². The number of nitrogens with one attached hydrogen (secondary N) is 1. The maximum absolute atomic E-state index is 11.9. The van der Waals surface area contributed by atoms with Crippen LogP contribution in [0.1, 0.15) is 13.3 Å². The van der Waals surface area contributed by atoms with Crippen molar-refractivity contribution in [1.29, 1.82) is 0 Å². The number of aromatic nitrogens is 3. The summed E-state index contributed by atoms with van der Waals surface area (Å²) in [6.45, 7) is 1.74. The van der Waals surface area contributed by atoms with E-state index in [1.165, 1.54) is 12.4 Å². The number of esters is 1. The summed E-state index contributed by atoms with van der Waals surface area (Å²) >= 11 is 1.09. The van der Waals surface area contributed by atoms with Crippen LogP contribution < -0.4 is 10.9 Å². The minimum Gasteiger partial charge on any atom is -0.466 e. The summed E-state index contributed by atoms with van der Waals surface area (Å²) in [7, 11) is 0. The zero-order valence-electron chi connectivity index (χ0n) is 10.9. The summed E-state index contributed by atoms with van der Waals surface area (Å²) in [4.78, 5) is 37.0. The first-order valence-electron chi connectivity index (χ1n) is 5.89. The van der Waals surface area contributed by atoms with Crippen molar-refractivity contribution in [2.24, 2.45) is 0 Å². The predicted octanol–water partition coefficient (Wildman–Crippen LogP) is 0.424. The third kappa shape index (κ3) is 3.31. The molecule has 0 saturated heterocycles. The minimum absolute atomic E-state index is 0.114. The van der Waals surface area contributed by atoms with E-state index in [0.717, 1.165) is 15.9 Å². The quantitative estimate of drug-likeness (QED) is 0.351. The Labute approximate surface area is 121 Å². The number of nitro groups is 1. The number of nitrogens with zero attached hydrogens (tertiary/aromatic N) is 4. The van der Waals surface area contributed by atoms with Crippen LogP contribution in [-0.4, -0.2) is 38.6 Å². The molecular formula is C10H11N5O5S. The molecule has 0 fully saturated rings. The highest BCUT2D eigenvalue weighted by atomic mass is 32.1. The number of anilines is 1. The monoisotopic (exact) mass is 313 g/mol. The molecule has 0 atom stereocenters. The molecule has 0 radical (unpaired) electrons. The normalized spacial score (nSPS) is 10.5. The van der Waals surface area contributed by atoms with Crippen molar-refractivity contribution in [3.05, 3.63) is 26.0 Å². The van der Waals surface area contributed by atoms with Gasteiger partial charge in [0.1, 0.15) is 5.51 Å². The van der Waals surface area contributed by atoms with Gasteiger partial charge >= 0.3 is 17.2 Å². The van der Waals surface area contributed by atoms with Gasteiger partial charge in [0.15, 0.2) is 0 Å². The molecule has 1 N–H and O–H groups in total. The van der Waals surface area contributed by atoms with Crippen LogP contribution in [0.25, 0.3) is 4.96 Å². The van der Waals surface area contributed by atoms with Gasteiger partial charge in [-0.25, -0.2) is 0 Å². The molecule has 0 amide bonds. The van der Waals surface area contributed by atoms with Crippen LogP contribution in [0.2, 0.25) is 0 Å². The molecule has 0 saturated carbocycles. The zero-order chi connectivity index (χ0) is 15.4. The number of ether oxygens (including phenoxy) is 1. The van der Waals surface area contributed by atoms with Crippen LogP contribution in [0.4, 0.5) is 11.5 Å². The molecule has 2 aromatic rings. The van der Waals surface area contributed by atoms with Crippen LogP contribution in [0.5, 0.6) is 0 Å². The molecular weight excluding hydrogens is 302 g/mol. The Balaban J connectivity index is 2.18. The number of rotatable bonds is 6. The average molecular weight is 313 g/mol. The van der Waals surface area contributed by atoms with E-state index in [0.29, 0.717) is 6.42 Å². The van der Waals surface area contributed by atoms with Gasteiger partial charge in [-0.2, -0.15) is 14.6 Å². The maximum Gasteiger partial charge on any atom is 0.377 e. The standard InChI is InChI=1S/C10H11N5O5S/c1-6(16)20-4-2-3-11-8-7(15(18)19)9(17)14-10(13-8)21-5-12-14/h5,11H,2-4H2,1H3. The average Bonchev–Trinajstić information content (AvgIpc) is 2.86. The summed E-state index contributed by atoms with van der Waals surface area (Å²) in [5.41, 5.74) is -0.127. The molecule has 0 aliphatic heterocycles. The highest BCUT2D eigenvalue weighted by Gasteiger charge is 2.24. The first-order valence-corrected chi connectivity index (χ1v) is 6.77.